The number of hydrogen-bond acceptors (Lipinski definition) is 4. The fraction of sp³-hybridized carbons (Fsp3) is 0.619. The molecule has 2 aliphatic carbocycles. The van der Waals surface area contributed by atoms with E-state index in [2.05, 4.69) is 41.0 Å². The van der Waals surface area contributed by atoms with Crippen molar-refractivity contribution in [1.82, 2.24) is 9.97 Å². The maximum atomic E-state index is 5.05. The van der Waals surface area contributed by atoms with Gasteiger partial charge in [0.15, 0.2) is 0 Å². The van der Waals surface area contributed by atoms with Gasteiger partial charge >= 0.3 is 0 Å². The molecule has 4 aliphatic rings. The number of aryl methyl sites for hydroxylation is 1. The number of allylic oxidation sites excluding steroid dienone is 4. The van der Waals surface area contributed by atoms with Crippen LogP contribution >= 0.6 is 0 Å². The minimum atomic E-state index is 0.791. The van der Waals surface area contributed by atoms with Gasteiger partial charge < -0.3 is 9.80 Å². The zero-order valence-corrected chi connectivity index (χ0v) is 15.1. The van der Waals surface area contributed by atoms with Crippen LogP contribution in [-0.2, 0) is 0 Å². The number of hydrogen-bond donors (Lipinski definition) is 0. The molecule has 4 atom stereocenters. The molecule has 2 saturated heterocycles. The Kier molecular flexibility index (Phi) is 3.79. The van der Waals surface area contributed by atoms with Crippen LogP contribution in [0.1, 0.15) is 31.2 Å². The Morgan fingerprint density at radius 2 is 1.24 bits per heavy atom. The summed E-state index contributed by atoms with van der Waals surface area (Å²) in [6, 6.07) is 0. The Labute approximate surface area is 150 Å². The van der Waals surface area contributed by atoms with Gasteiger partial charge in [0.05, 0.1) is 0 Å². The highest BCUT2D eigenvalue weighted by Gasteiger charge is 2.36. The second-order valence-corrected chi connectivity index (χ2v) is 8.41. The van der Waals surface area contributed by atoms with Crippen molar-refractivity contribution in [2.75, 3.05) is 36.0 Å². The third-order valence-electron chi connectivity index (χ3n) is 6.76. The second kappa shape index (κ2) is 6.15. The van der Waals surface area contributed by atoms with E-state index in [4.69, 9.17) is 9.97 Å². The largest absolute Gasteiger partial charge is 0.356 e. The van der Waals surface area contributed by atoms with E-state index >= 15 is 0 Å². The lowest BCUT2D eigenvalue weighted by Crippen LogP contribution is -2.26. The first-order valence-corrected chi connectivity index (χ1v) is 9.91. The molecule has 4 unspecified atom stereocenters. The molecule has 0 amide bonds. The van der Waals surface area contributed by atoms with Crippen LogP contribution in [0, 0.1) is 30.6 Å². The molecular weight excluding hydrogens is 308 g/mol. The molecule has 0 saturated carbocycles. The molecule has 5 rings (SSSR count). The van der Waals surface area contributed by atoms with E-state index in [1.807, 2.05) is 6.20 Å². The summed E-state index contributed by atoms with van der Waals surface area (Å²) in [4.78, 5) is 14.7. The molecule has 2 aliphatic heterocycles. The van der Waals surface area contributed by atoms with Crippen LogP contribution in [-0.4, -0.2) is 36.1 Å². The molecule has 0 aromatic carbocycles. The fourth-order valence-electron chi connectivity index (χ4n) is 5.26. The molecule has 1 aromatic rings. The molecular formula is C21H28N4. The summed E-state index contributed by atoms with van der Waals surface area (Å²) in [6.07, 6.45) is 16.4. The van der Waals surface area contributed by atoms with Crippen LogP contribution in [0.4, 0.5) is 11.8 Å². The Morgan fingerprint density at radius 1 is 0.760 bits per heavy atom. The summed E-state index contributed by atoms with van der Waals surface area (Å²) in [7, 11) is 0. The zero-order chi connectivity index (χ0) is 16.8. The van der Waals surface area contributed by atoms with Crippen molar-refractivity contribution in [2.24, 2.45) is 23.7 Å². The Bertz CT molecular complexity index is 678. The van der Waals surface area contributed by atoms with Crippen molar-refractivity contribution in [3.8, 4) is 0 Å². The topological polar surface area (TPSA) is 32.3 Å². The van der Waals surface area contributed by atoms with Gasteiger partial charge in [-0.2, -0.15) is 4.98 Å². The first-order chi connectivity index (χ1) is 12.3. The average Bonchev–Trinajstić information content (AvgIpc) is 3.26. The van der Waals surface area contributed by atoms with Crippen molar-refractivity contribution in [3.05, 3.63) is 36.1 Å². The number of aromatic nitrogens is 2. The van der Waals surface area contributed by atoms with Crippen LogP contribution in [0.2, 0.25) is 0 Å². The Hall–Kier alpha value is -1.84. The lowest BCUT2D eigenvalue weighted by Gasteiger charge is -2.23. The molecule has 132 valence electrons. The lowest BCUT2D eigenvalue weighted by molar-refractivity contribution is 0.411. The summed E-state index contributed by atoms with van der Waals surface area (Å²) in [5, 5.41) is 0. The third kappa shape index (κ3) is 2.76. The molecule has 1 aromatic heterocycles. The molecule has 2 fully saturated rings. The van der Waals surface area contributed by atoms with Gasteiger partial charge in [0.2, 0.25) is 5.95 Å². The Morgan fingerprint density at radius 3 is 1.76 bits per heavy atom. The first kappa shape index (κ1) is 15.4. The molecule has 0 spiro atoms. The van der Waals surface area contributed by atoms with Gasteiger partial charge in [-0.3, -0.25) is 0 Å². The van der Waals surface area contributed by atoms with Gasteiger partial charge in [0, 0.05) is 37.9 Å². The van der Waals surface area contributed by atoms with Crippen molar-refractivity contribution >= 4 is 11.8 Å². The molecule has 4 nitrogen and oxygen atoms in total. The third-order valence-corrected chi connectivity index (χ3v) is 6.76. The van der Waals surface area contributed by atoms with E-state index < -0.39 is 0 Å². The van der Waals surface area contributed by atoms with Gasteiger partial charge in [0.1, 0.15) is 5.82 Å². The first-order valence-electron chi connectivity index (χ1n) is 9.91. The van der Waals surface area contributed by atoms with Crippen molar-refractivity contribution in [3.63, 3.8) is 0 Å². The number of anilines is 2. The summed E-state index contributed by atoms with van der Waals surface area (Å²) in [5.41, 5.74) is 1.22. The van der Waals surface area contributed by atoms with Gasteiger partial charge in [-0.15, -0.1) is 0 Å². The maximum Gasteiger partial charge on any atom is 0.227 e. The van der Waals surface area contributed by atoms with Crippen molar-refractivity contribution in [1.29, 1.82) is 0 Å². The van der Waals surface area contributed by atoms with E-state index in [0.29, 0.717) is 0 Å². The standard InChI is InChI=1S/C21H28N4/c1-15-10-22-21(25-13-18-8-4-5-9-19(18)14-25)23-20(15)24-11-16-6-2-3-7-17(16)12-24/h2-5,10,16-19H,6-9,11-14H2,1H3. The smallest absolute Gasteiger partial charge is 0.227 e. The molecule has 4 heteroatoms. The van der Waals surface area contributed by atoms with Crippen LogP contribution in [0.25, 0.3) is 0 Å². The minimum Gasteiger partial charge on any atom is -0.356 e. The van der Waals surface area contributed by atoms with Crippen LogP contribution in [0.3, 0.4) is 0 Å². The van der Waals surface area contributed by atoms with Crippen LogP contribution in [0.5, 0.6) is 0 Å². The molecule has 0 radical (unpaired) electrons. The average molecular weight is 336 g/mol. The summed E-state index contributed by atoms with van der Waals surface area (Å²) in [6.45, 7) is 6.70. The van der Waals surface area contributed by atoms with Crippen LogP contribution < -0.4 is 9.80 Å². The Balaban J connectivity index is 1.36. The fourth-order valence-corrected chi connectivity index (χ4v) is 5.26. The SMILES string of the molecule is Cc1cnc(N2CC3CC=CCC3C2)nc1N1CC2CC=CCC2C1. The summed E-state index contributed by atoms with van der Waals surface area (Å²) < 4.78 is 0. The molecule has 3 heterocycles. The maximum absolute atomic E-state index is 5.05. The normalized spacial score (nSPS) is 33.6. The van der Waals surface area contributed by atoms with Crippen molar-refractivity contribution in [2.45, 2.75) is 32.6 Å². The van der Waals surface area contributed by atoms with E-state index in [1.165, 1.54) is 37.1 Å². The van der Waals surface area contributed by atoms with Gasteiger partial charge in [-0.05, 0) is 56.3 Å². The minimum absolute atomic E-state index is 0.791. The number of fused-ring (bicyclic) bond motifs is 2. The predicted molar refractivity (Wildman–Crippen MR) is 102 cm³/mol. The molecule has 0 N–H and O–H groups in total. The summed E-state index contributed by atoms with van der Waals surface area (Å²) in [5.74, 6) is 5.32. The molecule has 0 bridgehead atoms. The van der Waals surface area contributed by atoms with Gasteiger partial charge in [-0.25, -0.2) is 4.98 Å². The van der Waals surface area contributed by atoms with Gasteiger partial charge in [-0.1, -0.05) is 24.3 Å². The quantitative estimate of drug-likeness (QED) is 0.773. The molecule has 25 heavy (non-hydrogen) atoms. The monoisotopic (exact) mass is 336 g/mol. The van der Waals surface area contributed by atoms with Gasteiger partial charge in [0.25, 0.3) is 0 Å². The van der Waals surface area contributed by atoms with Crippen LogP contribution in [0.15, 0.2) is 30.5 Å². The van der Waals surface area contributed by atoms with Crippen molar-refractivity contribution < 1.29 is 0 Å². The van der Waals surface area contributed by atoms with E-state index in [1.54, 1.807) is 0 Å². The highest BCUT2D eigenvalue weighted by atomic mass is 15.3. The summed E-state index contributed by atoms with van der Waals surface area (Å²) >= 11 is 0. The number of rotatable bonds is 2. The lowest BCUT2D eigenvalue weighted by atomic mass is 9.86. The zero-order valence-electron chi connectivity index (χ0n) is 15.1. The predicted octanol–water partition coefficient (Wildman–Crippen LogP) is 3.59. The number of nitrogens with zero attached hydrogens (tertiary/aromatic N) is 4. The van der Waals surface area contributed by atoms with E-state index in [-0.39, 0.29) is 0 Å². The second-order valence-electron chi connectivity index (χ2n) is 8.41. The highest BCUT2D eigenvalue weighted by molar-refractivity contribution is 5.51. The van der Waals surface area contributed by atoms with E-state index in [9.17, 15) is 0 Å². The highest BCUT2D eigenvalue weighted by Crippen LogP contribution is 2.37. The van der Waals surface area contributed by atoms with E-state index in [0.717, 1.165) is 55.8 Å².